The molecular weight excluding hydrogens is 182 g/mol. The highest BCUT2D eigenvalue weighted by atomic mass is 14.6. The maximum atomic E-state index is 5.81. The van der Waals surface area contributed by atoms with Gasteiger partial charge in [-0.05, 0) is 29.9 Å². The standard InChI is InChI=1S/C14H21N/c1-14(2,10-15)13-8-4-7-12(9-13)11-5-3-6-11/h4,7-9,11H,3,5-6,10,15H2,1-2H3. The van der Waals surface area contributed by atoms with E-state index in [1.165, 1.54) is 30.4 Å². The minimum absolute atomic E-state index is 0.111. The van der Waals surface area contributed by atoms with Crippen molar-refractivity contribution in [2.45, 2.75) is 44.4 Å². The zero-order valence-corrected chi connectivity index (χ0v) is 9.79. The van der Waals surface area contributed by atoms with Gasteiger partial charge in [0.25, 0.3) is 0 Å². The molecule has 0 amide bonds. The van der Waals surface area contributed by atoms with E-state index >= 15 is 0 Å². The third-order valence-corrected chi connectivity index (χ3v) is 3.75. The normalized spacial score (nSPS) is 17.5. The molecule has 1 saturated carbocycles. The molecule has 0 bridgehead atoms. The largest absolute Gasteiger partial charge is 0.330 e. The summed E-state index contributed by atoms with van der Waals surface area (Å²) in [5.41, 5.74) is 8.82. The predicted molar refractivity (Wildman–Crippen MR) is 65.1 cm³/mol. The summed E-state index contributed by atoms with van der Waals surface area (Å²) >= 11 is 0. The van der Waals surface area contributed by atoms with Crippen LogP contribution in [-0.2, 0) is 5.41 Å². The molecular formula is C14H21N. The molecule has 1 aromatic carbocycles. The number of hydrogen-bond donors (Lipinski definition) is 1. The summed E-state index contributed by atoms with van der Waals surface area (Å²) in [6.07, 6.45) is 4.13. The van der Waals surface area contributed by atoms with Crippen molar-refractivity contribution in [3.05, 3.63) is 35.4 Å². The van der Waals surface area contributed by atoms with Gasteiger partial charge in [-0.25, -0.2) is 0 Å². The molecule has 1 aliphatic carbocycles. The van der Waals surface area contributed by atoms with E-state index in [1.807, 2.05) is 0 Å². The van der Waals surface area contributed by atoms with E-state index in [0.717, 1.165) is 5.92 Å². The van der Waals surface area contributed by atoms with Gasteiger partial charge in [-0.2, -0.15) is 0 Å². The molecule has 0 aliphatic heterocycles. The molecule has 0 heterocycles. The Kier molecular flexibility index (Phi) is 2.83. The molecule has 0 radical (unpaired) electrons. The van der Waals surface area contributed by atoms with Crippen molar-refractivity contribution in [1.29, 1.82) is 0 Å². The molecule has 0 saturated heterocycles. The molecule has 0 spiro atoms. The van der Waals surface area contributed by atoms with E-state index in [9.17, 15) is 0 Å². The molecule has 1 fully saturated rings. The fourth-order valence-electron chi connectivity index (χ4n) is 2.07. The molecule has 0 aromatic heterocycles. The zero-order valence-electron chi connectivity index (χ0n) is 9.79. The van der Waals surface area contributed by atoms with Crippen molar-refractivity contribution in [3.8, 4) is 0 Å². The van der Waals surface area contributed by atoms with Gasteiger partial charge in [-0.1, -0.05) is 44.5 Å². The first-order chi connectivity index (χ1) is 7.13. The van der Waals surface area contributed by atoms with Crippen LogP contribution < -0.4 is 5.73 Å². The molecule has 0 unspecified atom stereocenters. The summed E-state index contributed by atoms with van der Waals surface area (Å²) in [6.45, 7) is 5.14. The summed E-state index contributed by atoms with van der Waals surface area (Å²) in [5.74, 6) is 0.818. The molecule has 1 heteroatoms. The molecule has 82 valence electrons. The van der Waals surface area contributed by atoms with Gasteiger partial charge >= 0.3 is 0 Å². The average Bonchev–Trinajstić information content (AvgIpc) is 2.16. The van der Waals surface area contributed by atoms with Crippen LogP contribution >= 0.6 is 0 Å². The van der Waals surface area contributed by atoms with Gasteiger partial charge in [0.15, 0.2) is 0 Å². The van der Waals surface area contributed by atoms with Crippen LogP contribution in [0, 0.1) is 0 Å². The third-order valence-electron chi connectivity index (χ3n) is 3.75. The lowest BCUT2D eigenvalue weighted by molar-refractivity contribution is 0.418. The van der Waals surface area contributed by atoms with Gasteiger partial charge in [-0.15, -0.1) is 0 Å². The lowest BCUT2D eigenvalue weighted by atomic mass is 9.77. The molecule has 15 heavy (non-hydrogen) atoms. The van der Waals surface area contributed by atoms with E-state index in [-0.39, 0.29) is 5.41 Å². The average molecular weight is 203 g/mol. The highest BCUT2D eigenvalue weighted by molar-refractivity contribution is 5.32. The maximum absolute atomic E-state index is 5.81. The Morgan fingerprint density at radius 2 is 2.07 bits per heavy atom. The first kappa shape index (κ1) is 10.7. The van der Waals surface area contributed by atoms with E-state index in [4.69, 9.17) is 5.73 Å². The van der Waals surface area contributed by atoms with Crippen molar-refractivity contribution in [2.75, 3.05) is 6.54 Å². The van der Waals surface area contributed by atoms with Crippen LogP contribution in [0.4, 0.5) is 0 Å². The molecule has 1 aromatic rings. The summed E-state index contributed by atoms with van der Waals surface area (Å²) in [7, 11) is 0. The summed E-state index contributed by atoms with van der Waals surface area (Å²) in [4.78, 5) is 0. The van der Waals surface area contributed by atoms with Gasteiger partial charge < -0.3 is 5.73 Å². The lowest BCUT2D eigenvalue weighted by Gasteiger charge is -2.29. The first-order valence-electron chi connectivity index (χ1n) is 5.94. The fraction of sp³-hybridized carbons (Fsp3) is 0.571. The summed E-state index contributed by atoms with van der Waals surface area (Å²) in [5, 5.41) is 0. The predicted octanol–water partition coefficient (Wildman–Crippen LogP) is 3.19. The second-order valence-corrected chi connectivity index (χ2v) is 5.34. The number of nitrogens with two attached hydrogens (primary N) is 1. The highest BCUT2D eigenvalue weighted by Crippen LogP contribution is 2.37. The second kappa shape index (κ2) is 3.97. The lowest BCUT2D eigenvalue weighted by Crippen LogP contribution is -2.28. The minimum Gasteiger partial charge on any atom is -0.330 e. The van der Waals surface area contributed by atoms with Crippen molar-refractivity contribution < 1.29 is 0 Å². The molecule has 2 rings (SSSR count). The smallest absolute Gasteiger partial charge is 0.00191 e. The van der Waals surface area contributed by atoms with Crippen LogP contribution in [0.25, 0.3) is 0 Å². The van der Waals surface area contributed by atoms with Crippen LogP contribution in [0.15, 0.2) is 24.3 Å². The van der Waals surface area contributed by atoms with Gasteiger partial charge in [0, 0.05) is 12.0 Å². The number of benzene rings is 1. The third kappa shape index (κ3) is 2.07. The van der Waals surface area contributed by atoms with Crippen molar-refractivity contribution in [2.24, 2.45) is 5.73 Å². The molecule has 1 nitrogen and oxygen atoms in total. The van der Waals surface area contributed by atoms with Crippen LogP contribution in [0.5, 0.6) is 0 Å². The van der Waals surface area contributed by atoms with Crippen molar-refractivity contribution in [3.63, 3.8) is 0 Å². The van der Waals surface area contributed by atoms with E-state index < -0.39 is 0 Å². The molecule has 0 atom stereocenters. The second-order valence-electron chi connectivity index (χ2n) is 5.34. The van der Waals surface area contributed by atoms with Gasteiger partial charge in [0.05, 0.1) is 0 Å². The van der Waals surface area contributed by atoms with E-state index in [2.05, 4.69) is 38.1 Å². The minimum atomic E-state index is 0.111. The Bertz CT molecular complexity index is 337. The zero-order chi connectivity index (χ0) is 10.9. The Morgan fingerprint density at radius 3 is 2.60 bits per heavy atom. The number of rotatable bonds is 3. The van der Waals surface area contributed by atoms with Gasteiger partial charge in [0.1, 0.15) is 0 Å². The van der Waals surface area contributed by atoms with E-state index in [1.54, 1.807) is 0 Å². The van der Waals surface area contributed by atoms with Gasteiger partial charge in [0.2, 0.25) is 0 Å². The van der Waals surface area contributed by atoms with E-state index in [0.29, 0.717) is 6.54 Å². The molecule has 1 aliphatic rings. The SMILES string of the molecule is CC(C)(CN)c1cccc(C2CCC2)c1. The first-order valence-corrected chi connectivity index (χ1v) is 5.94. The van der Waals surface area contributed by atoms with Crippen LogP contribution in [0.2, 0.25) is 0 Å². The Balaban J connectivity index is 2.25. The maximum Gasteiger partial charge on any atom is 0.00191 e. The van der Waals surface area contributed by atoms with Gasteiger partial charge in [-0.3, -0.25) is 0 Å². The quantitative estimate of drug-likeness (QED) is 0.802. The van der Waals surface area contributed by atoms with Crippen LogP contribution in [0.3, 0.4) is 0 Å². The Labute approximate surface area is 92.7 Å². The number of hydrogen-bond acceptors (Lipinski definition) is 1. The topological polar surface area (TPSA) is 26.0 Å². The monoisotopic (exact) mass is 203 g/mol. The Hall–Kier alpha value is -0.820. The summed E-state index contributed by atoms with van der Waals surface area (Å²) in [6, 6.07) is 9.01. The highest BCUT2D eigenvalue weighted by Gasteiger charge is 2.23. The van der Waals surface area contributed by atoms with Crippen molar-refractivity contribution in [1.82, 2.24) is 0 Å². The fourth-order valence-corrected chi connectivity index (χ4v) is 2.07. The van der Waals surface area contributed by atoms with Crippen LogP contribution in [-0.4, -0.2) is 6.54 Å². The summed E-state index contributed by atoms with van der Waals surface area (Å²) < 4.78 is 0. The van der Waals surface area contributed by atoms with Crippen LogP contribution in [0.1, 0.15) is 50.2 Å². The molecule has 2 N–H and O–H groups in total. The van der Waals surface area contributed by atoms with Crippen molar-refractivity contribution >= 4 is 0 Å². The Morgan fingerprint density at radius 1 is 1.33 bits per heavy atom.